The summed E-state index contributed by atoms with van der Waals surface area (Å²) in [6.07, 6.45) is 0.805. The van der Waals surface area contributed by atoms with Gasteiger partial charge in [-0.1, -0.05) is 23.8 Å². The van der Waals surface area contributed by atoms with Crippen LogP contribution in [0, 0.1) is 38.3 Å². The van der Waals surface area contributed by atoms with Gasteiger partial charge in [-0.25, -0.2) is 17.2 Å². The number of benzene rings is 2. The third kappa shape index (κ3) is 4.96. The lowest BCUT2D eigenvalue weighted by atomic mass is 9.96. The van der Waals surface area contributed by atoms with Crippen LogP contribution in [0.1, 0.15) is 48.1 Å². The van der Waals surface area contributed by atoms with E-state index in [1.165, 1.54) is 10.4 Å². The predicted molar refractivity (Wildman–Crippen MR) is 115 cm³/mol. The molecule has 31 heavy (non-hydrogen) atoms. The Balaban J connectivity index is 1.65. The molecule has 0 radical (unpaired) electrons. The highest BCUT2D eigenvalue weighted by atomic mass is 32.2. The topological polar surface area (TPSA) is 66.5 Å². The molecule has 1 aliphatic heterocycles. The van der Waals surface area contributed by atoms with E-state index in [1.807, 2.05) is 19.1 Å². The number of nitrogens with one attached hydrogen (secondary N) is 1. The molecule has 1 fully saturated rings. The van der Waals surface area contributed by atoms with Crippen molar-refractivity contribution in [1.82, 2.24) is 9.62 Å². The van der Waals surface area contributed by atoms with Gasteiger partial charge in [0.1, 0.15) is 0 Å². The number of aryl methyl sites for hydroxylation is 3. The van der Waals surface area contributed by atoms with Crippen LogP contribution in [0.5, 0.6) is 0 Å². The second-order valence-electron chi connectivity index (χ2n) is 8.31. The number of carbonyl (C=O) groups is 1. The van der Waals surface area contributed by atoms with Crippen molar-refractivity contribution < 1.29 is 22.0 Å². The molecule has 0 bridgehead atoms. The summed E-state index contributed by atoms with van der Waals surface area (Å²) < 4.78 is 54.4. The van der Waals surface area contributed by atoms with Crippen LogP contribution in [0.2, 0.25) is 0 Å². The van der Waals surface area contributed by atoms with E-state index in [2.05, 4.69) is 5.32 Å². The minimum Gasteiger partial charge on any atom is -0.349 e. The average molecular weight is 451 g/mol. The molecule has 0 spiro atoms. The molecule has 1 amide bonds. The Kier molecular flexibility index (Phi) is 6.81. The molecule has 5 nitrogen and oxygen atoms in total. The van der Waals surface area contributed by atoms with Gasteiger partial charge in [-0.15, -0.1) is 0 Å². The molecular weight excluding hydrogens is 422 g/mol. The van der Waals surface area contributed by atoms with Gasteiger partial charge in [0, 0.05) is 19.0 Å². The van der Waals surface area contributed by atoms with Crippen LogP contribution >= 0.6 is 0 Å². The molecule has 0 saturated carbocycles. The number of halogens is 2. The zero-order chi connectivity index (χ0) is 22.9. The normalized spacial score (nSPS) is 16.8. The molecule has 1 unspecified atom stereocenters. The van der Waals surface area contributed by atoms with Crippen molar-refractivity contribution in [3.05, 3.63) is 64.2 Å². The number of hydrogen-bond donors (Lipinski definition) is 1. The van der Waals surface area contributed by atoms with E-state index in [4.69, 9.17) is 0 Å². The van der Waals surface area contributed by atoms with Crippen LogP contribution in [0.4, 0.5) is 8.78 Å². The Bertz CT molecular complexity index is 1070. The molecule has 1 heterocycles. The monoisotopic (exact) mass is 450 g/mol. The smallest absolute Gasteiger partial charge is 0.243 e. The number of amides is 1. The maximum absolute atomic E-state index is 13.5. The van der Waals surface area contributed by atoms with Crippen LogP contribution in [-0.4, -0.2) is 31.7 Å². The van der Waals surface area contributed by atoms with Gasteiger partial charge in [-0.3, -0.25) is 4.79 Å². The summed E-state index contributed by atoms with van der Waals surface area (Å²) in [7, 11) is -3.64. The van der Waals surface area contributed by atoms with E-state index in [9.17, 15) is 22.0 Å². The number of hydrogen-bond acceptors (Lipinski definition) is 3. The molecule has 1 aliphatic rings. The minimum absolute atomic E-state index is 0.211. The quantitative estimate of drug-likeness (QED) is 0.744. The number of nitrogens with zero attached hydrogens (tertiary/aromatic N) is 1. The summed E-state index contributed by atoms with van der Waals surface area (Å²) >= 11 is 0. The fourth-order valence-electron chi connectivity index (χ4n) is 4.26. The van der Waals surface area contributed by atoms with Gasteiger partial charge in [0.05, 0.1) is 10.9 Å². The maximum Gasteiger partial charge on any atom is 0.243 e. The molecule has 168 valence electrons. The fourth-order valence-corrected chi connectivity index (χ4v) is 6.14. The zero-order valence-corrected chi connectivity index (χ0v) is 19.0. The largest absolute Gasteiger partial charge is 0.349 e. The van der Waals surface area contributed by atoms with Gasteiger partial charge in [-0.05, 0) is 69.4 Å². The van der Waals surface area contributed by atoms with Crippen LogP contribution < -0.4 is 5.32 Å². The Labute approximate surface area is 182 Å². The van der Waals surface area contributed by atoms with E-state index in [0.29, 0.717) is 23.3 Å². The molecule has 8 heteroatoms. The van der Waals surface area contributed by atoms with Gasteiger partial charge in [-0.2, -0.15) is 4.31 Å². The van der Waals surface area contributed by atoms with Crippen LogP contribution in [0.15, 0.2) is 35.2 Å². The summed E-state index contributed by atoms with van der Waals surface area (Å²) in [4.78, 5) is 13.0. The van der Waals surface area contributed by atoms with Crippen LogP contribution in [-0.2, 0) is 14.8 Å². The van der Waals surface area contributed by atoms with Crippen molar-refractivity contribution in [2.24, 2.45) is 5.92 Å². The number of rotatable bonds is 5. The highest BCUT2D eigenvalue weighted by molar-refractivity contribution is 7.89. The van der Waals surface area contributed by atoms with Gasteiger partial charge in [0.2, 0.25) is 15.9 Å². The summed E-state index contributed by atoms with van der Waals surface area (Å²) in [6.45, 7) is 7.74. The van der Waals surface area contributed by atoms with Crippen LogP contribution in [0.25, 0.3) is 0 Å². The first-order chi connectivity index (χ1) is 14.5. The Morgan fingerprint density at radius 2 is 1.61 bits per heavy atom. The van der Waals surface area contributed by atoms with Crippen molar-refractivity contribution in [2.45, 2.75) is 51.5 Å². The third-order valence-electron chi connectivity index (χ3n) is 5.83. The van der Waals surface area contributed by atoms with Crippen molar-refractivity contribution in [3.63, 3.8) is 0 Å². The van der Waals surface area contributed by atoms with Crippen molar-refractivity contribution in [2.75, 3.05) is 13.1 Å². The highest BCUT2D eigenvalue weighted by Crippen LogP contribution is 2.29. The fraction of sp³-hybridized carbons (Fsp3) is 0.435. The third-order valence-corrected chi connectivity index (χ3v) is 8.03. The second-order valence-corrected chi connectivity index (χ2v) is 10.2. The van der Waals surface area contributed by atoms with Gasteiger partial charge in [0.15, 0.2) is 11.6 Å². The average Bonchev–Trinajstić information content (AvgIpc) is 2.69. The van der Waals surface area contributed by atoms with E-state index < -0.39 is 27.7 Å². The lowest BCUT2D eigenvalue weighted by Crippen LogP contribution is -2.43. The zero-order valence-electron chi connectivity index (χ0n) is 18.2. The Hall–Kier alpha value is -2.32. The summed E-state index contributed by atoms with van der Waals surface area (Å²) in [6, 6.07) is 6.78. The first-order valence-electron chi connectivity index (χ1n) is 10.3. The standard InChI is InChI=1S/C23H28F2N2O3S/c1-14-11-15(2)22(16(3)12-14)31(29,30)27-9-7-18(8-10-27)23(28)26-17(4)19-5-6-20(24)21(25)13-19/h5-6,11-13,17-18H,7-10H2,1-4H3,(H,26,28). The van der Waals surface area contributed by atoms with Gasteiger partial charge >= 0.3 is 0 Å². The van der Waals surface area contributed by atoms with Crippen molar-refractivity contribution in [1.29, 1.82) is 0 Å². The van der Waals surface area contributed by atoms with Gasteiger partial charge < -0.3 is 5.32 Å². The lowest BCUT2D eigenvalue weighted by molar-refractivity contribution is -0.126. The van der Waals surface area contributed by atoms with E-state index in [1.54, 1.807) is 20.8 Å². The summed E-state index contributed by atoms with van der Waals surface area (Å²) in [5, 5.41) is 2.83. The molecule has 1 N–H and O–H groups in total. The number of sulfonamides is 1. The van der Waals surface area contributed by atoms with E-state index in [-0.39, 0.29) is 24.9 Å². The Morgan fingerprint density at radius 1 is 1.03 bits per heavy atom. The van der Waals surface area contributed by atoms with Crippen molar-refractivity contribution in [3.8, 4) is 0 Å². The van der Waals surface area contributed by atoms with Crippen LogP contribution in [0.3, 0.4) is 0 Å². The number of carbonyl (C=O) groups excluding carboxylic acids is 1. The second kappa shape index (κ2) is 9.04. The highest BCUT2D eigenvalue weighted by Gasteiger charge is 2.34. The SMILES string of the molecule is Cc1cc(C)c(S(=O)(=O)N2CCC(C(=O)NC(C)c3ccc(F)c(F)c3)CC2)c(C)c1. The molecule has 1 atom stereocenters. The summed E-state index contributed by atoms with van der Waals surface area (Å²) in [5.41, 5.74) is 2.92. The molecule has 1 saturated heterocycles. The molecule has 2 aromatic carbocycles. The first kappa shape index (κ1) is 23.3. The maximum atomic E-state index is 13.5. The lowest BCUT2D eigenvalue weighted by Gasteiger charge is -2.32. The molecule has 2 aromatic rings. The van der Waals surface area contributed by atoms with E-state index in [0.717, 1.165) is 28.8 Å². The molecule has 0 aliphatic carbocycles. The molecule has 0 aromatic heterocycles. The first-order valence-corrected chi connectivity index (χ1v) is 11.8. The molecule has 3 rings (SSSR count). The van der Waals surface area contributed by atoms with Crippen molar-refractivity contribution >= 4 is 15.9 Å². The minimum atomic E-state index is -3.64. The summed E-state index contributed by atoms with van der Waals surface area (Å²) in [5.74, 6) is -2.44. The molecular formula is C23H28F2N2O3S. The Morgan fingerprint density at radius 3 is 2.16 bits per heavy atom. The van der Waals surface area contributed by atoms with E-state index >= 15 is 0 Å². The number of piperidine rings is 1. The van der Waals surface area contributed by atoms with Gasteiger partial charge in [0.25, 0.3) is 0 Å². The predicted octanol–water partition coefficient (Wildman–Crippen LogP) is 4.17.